The Labute approximate surface area is 88.8 Å². The van der Waals surface area contributed by atoms with Crippen LogP contribution in [-0.4, -0.2) is 14.8 Å². The number of rotatable bonds is 3. The van der Waals surface area contributed by atoms with E-state index in [1.54, 1.807) is 10.7 Å². The van der Waals surface area contributed by atoms with Gasteiger partial charge in [-0.15, -0.1) is 0 Å². The molecule has 15 heavy (non-hydrogen) atoms. The van der Waals surface area contributed by atoms with Crippen LogP contribution < -0.4 is 5.73 Å². The Morgan fingerprint density at radius 2 is 2.20 bits per heavy atom. The van der Waals surface area contributed by atoms with E-state index in [1.165, 1.54) is 5.56 Å². The van der Waals surface area contributed by atoms with Gasteiger partial charge in [-0.3, -0.25) is 9.67 Å². The fourth-order valence-electron chi connectivity index (χ4n) is 1.39. The number of nitrogens with two attached hydrogens (primary N) is 1. The van der Waals surface area contributed by atoms with Gasteiger partial charge >= 0.3 is 0 Å². The maximum Gasteiger partial charge on any atom is 0.145 e. The molecule has 0 unspecified atom stereocenters. The summed E-state index contributed by atoms with van der Waals surface area (Å²) in [6.07, 6.45) is 4.77. The monoisotopic (exact) mass is 202 g/mol. The quantitative estimate of drug-likeness (QED) is 0.820. The molecule has 4 heteroatoms. The number of hydrogen-bond acceptors (Lipinski definition) is 3. The topological polar surface area (TPSA) is 56.7 Å². The molecule has 0 atom stereocenters. The van der Waals surface area contributed by atoms with Gasteiger partial charge in [0.05, 0.1) is 12.2 Å². The number of pyridine rings is 1. The number of nitrogen functional groups attached to an aromatic ring is 1. The molecule has 0 radical (unpaired) electrons. The summed E-state index contributed by atoms with van der Waals surface area (Å²) in [5, 5.41) is 4.10. The normalized spacial score (nSPS) is 10.5. The van der Waals surface area contributed by atoms with Gasteiger partial charge in [0.25, 0.3) is 0 Å². The molecular formula is C11H14N4. The van der Waals surface area contributed by atoms with Gasteiger partial charge in [0, 0.05) is 12.4 Å². The number of hydrogen-bond donors (Lipinski definition) is 1. The minimum Gasteiger partial charge on any atom is -0.382 e. The predicted molar refractivity (Wildman–Crippen MR) is 59.4 cm³/mol. The minimum atomic E-state index is 0.542. The van der Waals surface area contributed by atoms with Crippen LogP contribution >= 0.6 is 0 Å². The van der Waals surface area contributed by atoms with Gasteiger partial charge in [0.1, 0.15) is 5.82 Å². The van der Waals surface area contributed by atoms with Crippen molar-refractivity contribution in [3.63, 3.8) is 0 Å². The van der Waals surface area contributed by atoms with Gasteiger partial charge in [-0.05, 0) is 24.1 Å². The lowest BCUT2D eigenvalue weighted by atomic mass is 10.2. The van der Waals surface area contributed by atoms with Crippen LogP contribution in [0.25, 0.3) is 0 Å². The van der Waals surface area contributed by atoms with E-state index in [9.17, 15) is 0 Å². The lowest BCUT2D eigenvalue weighted by Gasteiger charge is -2.01. The average Bonchev–Trinajstić information content (AvgIpc) is 2.65. The maximum atomic E-state index is 5.53. The highest BCUT2D eigenvalue weighted by Crippen LogP contribution is 2.04. The van der Waals surface area contributed by atoms with Crippen LogP contribution in [0.5, 0.6) is 0 Å². The minimum absolute atomic E-state index is 0.542. The van der Waals surface area contributed by atoms with Gasteiger partial charge < -0.3 is 5.73 Å². The number of anilines is 1. The second-order valence-electron chi connectivity index (χ2n) is 3.45. The second kappa shape index (κ2) is 4.13. The Morgan fingerprint density at radius 1 is 1.33 bits per heavy atom. The first-order valence-electron chi connectivity index (χ1n) is 5.00. The molecule has 0 saturated carbocycles. The molecule has 2 N–H and O–H groups in total. The highest BCUT2D eigenvalue weighted by Gasteiger charge is 1.98. The van der Waals surface area contributed by atoms with Crippen molar-refractivity contribution in [2.24, 2.45) is 0 Å². The lowest BCUT2D eigenvalue weighted by Crippen LogP contribution is -2.03. The summed E-state index contributed by atoms with van der Waals surface area (Å²) in [5.41, 5.74) is 7.77. The molecule has 0 aromatic carbocycles. The molecule has 0 bridgehead atoms. The highest BCUT2D eigenvalue weighted by atomic mass is 15.3. The molecular weight excluding hydrogens is 188 g/mol. The van der Waals surface area contributed by atoms with E-state index in [0.717, 1.165) is 12.1 Å². The van der Waals surface area contributed by atoms with E-state index in [0.29, 0.717) is 12.4 Å². The fraction of sp³-hybridized carbons (Fsp3) is 0.273. The van der Waals surface area contributed by atoms with E-state index in [2.05, 4.69) is 23.1 Å². The Bertz CT molecular complexity index is 430. The number of aryl methyl sites for hydroxylation is 1. The lowest BCUT2D eigenvalue weighted by molar-refractivity contribution is 0.675. The van der Waals surface area contributed by atoms with Crippen molar-refractivity contribution in [3.8, 4) is 0 Å². The third-order valence-corrected chi connectivity index (χ3v) is 2.28. The van der Waals surface area contributed by atoms with Crippen molar-refractivity contribution in [1.29, 1.82) is 0 Å². The zero-order valence-corrected chi connectivity index (χ0v) is 8.72. The predicted octanol–water partition coefficient (Wildman–Crippen LogP) is 1.47. The summed E-state index contributed by atoms with van der Waals surface area (Å²) >= 11 is 0. The van der Waals surface area contributed by atoms with E-state index in [4.69, 9.17) is 5.73 Å². The summed E-state index contributed by atoms with van der Waals surface area (Å²) in [6, 6.07) is 5.90. The molecule has 2 rings (SSSR count). The number of aromatic nitrogens is 3. The Hall–Kier alpha value is -1.84. The van der Waals surface area contributed by atoms with Crippen LogP contribution in [-0.2, 0) is 13.0 Å². The Kier molecular flexibility index (Phi) is 2.67. The highest BCUT2D eigenvalue weighted by molar-refractivity contribution is 5.24. The first kappa shape index (κ1) is 9.71. The zero-order chi connectivity index (χ0) is 10.7. The largest absolute Gasteiger partial charge is 0.382 e. The van der Waals surface area contributed by atoms with Crippen molar-refractivity contribution in [1.82, 2.24) is 14.8 Å². The Morgan fingerprint density at radius 3 is 2.73 bits per heavy atom. The number of nitrogens with zero attached hydrogens (tertiary/aromatic N) is 3. The van der Waals surface area contributed by atoms with E-state index < -0.39 is 0 Å². The van der Waals surface area contributed by atoms with E-state index in [-0.39, 0.29) is 0 Å². The van der Waals surface area contributed by atoms with Crippen LogP contribution in [0.4, 0.5) is 5.82 Å². The summed E-state index contributed by atoms with van der Waals surface area (Å²) in [6.45, 7) is 2.78. The molecule has 0 aliphatic carbocycles. The van der Waals surface area contributed by atoms with Gasteiger partial charge in [0.15, 0.2) is 0 Å². The van der Waals surface area contributed by atoms with Crippen molar-refractivity contribution in [2.45, 2.75) is 19.9 Å². The standard InChI is InChI=1S/C11H14N4/c1-2-9-3-4-10(13-7-9)8-15-6-5-11(12)14-15/h3-7H,2,8H2,1H3,(H2,12,14). The summed E-state index contributed by atoms with van der Waals surface area (Å²) < 4.78 is 1.78. The molecule has 0 aliphatic rings. The van der Waals surface area contributed by atoms with Gasteiger partial charge in [-0.2, -0.15) is 5.10 Å². The van der Waals surface area contributed by atoms with Crippen LogP contribution in [0.3, 0.4) is 0 Å². The van der Waals surface area contributed by atoms with Gasteiger partial charge in [-0.25, -0.2) is 0 Å². The van der Waals surface area contributed by atoms with Crippen molar-refractivity contribution < 1.29 is 0 Å². The second-order valence-corrected chi connectivity index (χ2v) is 3.45. The molecule has 2 heterocycles. The third kappa shape index (κ3) is 2.34. The summed E-state index contributed by atoms with van der Waals surface area (Å²) in [4.78, 5) is 4.35. The van der Waals surface area contributed by atoms with Crippen molar-refractivity contribution in [2.75, 3.05) is 5.73 Å². The zero-order valence-electron chi connectivity index (χ0n) is 8.72. The first-order valence-corrected chi connectivity index (χ1v) is 5.00. The van der Waals surface area contributed by atoms with Crippen LogP contribution in [0, 0.1) is 0 Å². The third-order valence-electron chi connectivity index (χ3n) is 2.28. The molecule has 4 nitrogen and oxygen atoms in total. The SMILES string of the molecule is CCc1ccc(Cn2ccc(N)n2)nc1. The van der Waals surface area contributed by atoms with Gasteiger partial charge in [0.2, 0.25) is 0 Å². The molecule has 0 aliphatic heterocycles. The average molecular weight is 202 g/mol. The summed E-state index contributed by atoms with van der Waals surface area (Å²) in [5.74, 6) is 0.542. The smallest absolute Gasteiger partial charge is 0.145 e. The van der Waals surface area contributed by atoms with Gasteiger partial charge in [-0.1, -0.05) is 13.0 Å². The fourth-order valence-corrected chi connectivity index (χ4v) is 1.39. The molecule has 0 fully saturated rings. The van der Waals surface area contributed by atoms with E-state index >= 15 is 0 Å². The van der Waals surface area contributed by atoms with E-state index in [1.807, 2.05) is 18.5 Å². The van der Waals surface area contributed by atoms with Crippen molar-refractivity contribution >= 4 is 5.82 Å². The molecule has 2 aromatic heterocycles. The molecule has 0 spiro atoms. The molecule has 0 amide bonds. The van der Waals surface area contributed by atoms with Crippen LogP contribution in [0.2, 0.25) is 0 Å². The van der Waals surface area contributed by atoms with Crippen LogP contribution in [0.1, 0.15) is 18.2 Å². The van der Waals surface area contributed by atoms with Crippen LogP contribution in [0.15, 0.2) is 30.6 Å². The maximum absolute atomic E-state index is 5.53. The Balaban J connectivity index is 2.11. The first-order chi connectivity index (χ1) is 7.28. The molecule has 0 saturated heterocycles. The summed E-state index contributed by atoms with van der Waals surface area (Å²) in [7, 11) is 0. The molecule has 78 valence electrons. The molecule has 2 aromatic rings. The van der Waals surface area contributed by atoms with Crippen molar-refractivity contribution in [3.05, 3.63) is 41.9 Å².